The van der Waals surface area contributed by atoms with Crippen molar-refractivity contribution in [3.8, 4) is 11.8 Å². The van der Waals surface area contributed by atoms with Gasteiger partial charge in [-0.1, -0.05) is 6.07 Å². The minimum absolute atomic E-state index is 0.484. The van der Waals surface area contributed by atoms with E-state index in [1.165, 1.54) is 0 Å². The van der Waals surface area contributed by atoms with Crippen molar-refractivity contribution in [3.05, 3.63) is 23.8 Å². The van der Waals surface area contributed by atoms with E-state index >= 15 is 0 Å². The van der Waals surface area contributed by atoms with Crippen molar-refractivity contribution in [1.82, 2.24) is 0 Å². The number of ether oxygens (including phenoxy) is 1. The van der Waals surface area contributed by atoms with Gasteiger partial charge in [-0.05, 0) is 19.1 Å². The number of benzene rings is 1. The van der Waals surface area contributed by atoms with Crippen LogP contribution in [-0.4, -0.2) is 6.61 Å². The van der Waals surface area contributed by atoms with Gasteiger partial charge in [0, 0.05) is 0 Å². The van der Waals surface area contributed by atoms with Crippen LogP contribution >= 0.6 is 0 Å². The van der Waals surface area contributed by atoms with E-state index in [0.29, 0.717) is 23.6 Å². The predicted octanol–water partition coefficient (Wildman–Crippen LogP) is 1.24. The lowest BCUT2D eigenvalue weighted by Gasteiger charge is -2.10. The number of rotatable bonds is 3. The van der Waals surface area contributed by atoms with E-state index in [-0.39, 0.29) is 0 Å². The van der Waals surface area contributed by atoms with E-state index in [0.717, 1.165) is 0 Å². The van der Waals surface area contributed by atoms with Gasteiger partial charge in [0.2, 0.25) is 0 Å². The van der Waals surface area contributed by atoms with Crippen molar-refractivity contribution in [2.75, 3.05) is 12.0 Å². The molecule has 0 aliphatic rings. The highest BCUT2D eigenvalue weighted by atomic mass is 16.5. The molecule has 0 unspecified atom stereocenters. The summed E-state index contributed by atoms with van der Waals surface area (Å²) in [6, 6.07) is 7.22. The lowest BCUT2D eigenvalue weighted by atomic mass is 10.2. The maximum atomic E-state index is 8.77. The SMILES string of the molecule is CCOc1c(C#N)cccc1NN. The smallest absolute Gasteiger partial charge is 0.161 e. The van der Waals surface area contributed by atoms with Crippen molar-refractivity contribution in [2.24, 2.45) is 5.84 Å². The molecule has 0 bridgehead atoms. The molecular weight excluding hydrogens is 166 g/mol. The standard InChI is InChI=1S/C9H11N3O/c1-2-13-9-7(6-10)4-3-5-8(9)12-11/h3-5,12H,2,11H2,1H3. The fourth-order valence-corrected chi connectivity index (χ4v) is 1.04. The summed E-state index contributed by atoms with van der Waals surface area (Å²) in [5, 5.41) is 8.77. The Morgan fingerprint density at radius 1 is 1.62 bits per heavy atom. The number of nitrogens with one attached hydrogen (secondary N) is 1. The number of hydrogen-bond donors (Lipinski definition) is 2. The summed E-state index contributed by atoms with van der Waals surface area (Å²) in [6.07, 6.45) is 0. The minimum atomic E-state index is 0.484. The zero-order valence-corrected chi connectivity index (χ0v) is 7.37. The molecule has 1 aromatic rings. The van der Waals surface area contributed by atoms with Gasteiger partial charge in [-0.2, -0.15) is 5.26 Å². The van der Waals surface area contributed by atoms with Crippen LogP contribution in [0.4, 0.5) is 5.69 Å². The van der Waals surface area contributed by atoms with E-state index in [4.69, 9.17) is 15.8 Å². The van der Waals surface area contributed by atoms with Crippen molar-refractivity contribution in [1.29, 1.82) is 5.26 Å². The number of hydrazine groups is 1. The van der Waals surface area contributed by atoms with Gasteiger partial charge in [-0.25, -0.2) is 0 Å². The van der Waals surface area contributed by atoms with Crippen LogP contribution in [0, 0.1) is 11.3 Å². The molecule has 4 nitrogen and oxygen atoms in total. The number of nitriles is 1. The van der Waals surface area contributed by atoms with Crippen LogP contribution in [0.2, 0.25) is 0 Å². The number of nitrogen functional groups attached to an aromatic ring is 1. The summed E-state index contributed by atoms with van der Waals surface area (Å²) in [4.78, 5) is 0. The molecule has 0 saturated carbocycles. The molecule has 1 aromatic carbocycles. The molecular formula is C9H11N3O. The molecule has 4 heteroatoms. The maximum absolute atomic E-state index is 8.77. The van der Waals surface area contributed by atoms with Gasteiger partial charge in [-0.3, -0.25) is 5.84 Å². The van der Waals surface area contributed by atoms with Crippen molar-refractivity contribution >= 4 is 5.69 Å². The summed E-state index contributed by atoms with van der Waals surface area (Å²) in [5.41, 5.74) is 3.59. The third-order valence-electron chi connectivity index (χ3n) is 1.58. The van der Waals surface area contributed by atoms with Crippen LogP contribution in [0.5, 0.6) is 5.75 Å². The van der Waals surface area contributed by atoms with Crippen molar-refractivity contribution < 1.29 is 4.74 Å². The Bertz CT molecular complexity index is 330. The van der Waals surface area contributed by atoms with E-state index in [1.807, 2.05) is 13.0 Å². The quantitative estimate of drug-likeness (QED) is 0.538. The molecule has 0 aliphatic heterocycles. The molecule has 0 aromatic heterocycles. The summed E-state index contributed by atoms with van der Waals surface area (Å²) >= 11 is 0. The summed E-state index contributed by atoms with van der Waals surface area (Å²) in [7, 11) is 0. The Kier molecular flexibility index (Phi) is 3.12. The average molecular weight is 177 g/mol. The molecule has 0 fully saturated rings. The maximum Gasteiger partial charge on any atom is 0.161 e. The van der Waals surface area contributed by atoms with E-state index in [1.54, 1.807) is 18.2 Å². The zero-order valence-electron chi connectivity index (χ0n) is 7.37. The summed E-state index contributed by atoms with van der Waals surface area (Å²) in [5.74, 6) is 5.77. The second kappa shape index (κ2) is 4.33. The van der Waals surface area contributed by atoms with Crippen LogP contribution in [0.15, 0.2) is 18.2 Å². The number of nitrogens with zero attached hydrogens (tertiary/aromatic N) is 1. The lowest BCUT2D eigenvalue weighted by molar-refractivity contribution is 0.341. The van der Waals surface area contributed by atoms with E-state index < -0.39 is 0 Å². The normalized spacial score (nSPS) is 9.00. The van der Waals surface area contributed by atoms with Gasteiger partial charge in [0.05, 0.1) is 17.9 Å². The second-order valence-electron chi connectivity index (χ2n) is 2.37. The molecule has 0 spiro atoms. The molecule has 3 N–H and O–H groups in total. The first-order chi connectivity index (χ1) is 6.33. The van der Waals surface area contributed by atoms with Gasteiger partial charge >= 0.3 is 0 Å². The first kappa shape index (κ1) is 9.36. The first-order valence-electron chi connectivity index (χ1n) is 3.96. The van der Waals surface area contributed by atoms with E-state index in [2.05, 4.69) is 5.43 Å². The van der Waals surface area contributed by atoms with Gasteiger partial charge in [0.25, 0.3) is 0 Å². The van der Waals surface area contributed by atoms with Gasteiger partial charge in [-0.15, -0.1) is 0 Å². The highest BCUT2D eigenvalue weighted by Gasteiger charge is 2.07. The second-order valence-corrected chi connectivity index (χ2v) is 2.37. The topological polar surface area (TPSA) is 71.1 Å². The van der Waals surface area contributed by atoms with Crippen molar-refractivity contribution in [2.45, 2.75) is 6.92 Å². The molecule has 0 heterocycles. The summed E-state index contributed by atoms with van der Waals surface area (Å²) in [6.45, 7) is 2.36. The highest BCUT2D eigenvalue weighted by Crippen LogP contribution is 2.27. The molecule has 68 valence electrons. The Hall–Kier alpha value is -1.73. The molecule has 13 heavy (non-hydrogen) atoms. The number of para-hydroxylation sites is 1. The van der Waals surface area contributed by atoms with Gasteiger partial charge < -0.3 is 10.2 Å². The summed E-state index contributed by atoms with van der Waals surface area (Å²) < 4.78 is 5.28. The van der Waals surface area contributed by atoms with Crippen LogP contribution in [0.3, 0.4) is 0 Å². The Morgan fingerprint density at radius 2 is 2.38 bits per heavy atom. The van der Waals surface area contributed by atoms with Crippen LogP contribution in [0.25, 0.3) is 0 Å². The number of nitrogens with two attached hydrogens (primary N) is 1. The van der Waals surface area contributed by atoms with Gasteiger partial charge in [0.15, 0.2) is 5.75 Å². The first-order valence-corrected chi connectivity index (χ1v) is 3.96. The van der Waals surface area contributed by atoms with Crippen LogP contribution < -0.4 is 16.0 Å². The third kappa shape index (κ3) is 1.89. The van der Waals surface area contributed by atoms with E-state index in [9.17, 15) is 0 Å². The number of anilines is 1. The molecule has 1 rings (SSSR count). The number of hydrogen-bond acceptors (Lipinski definition) is 4. The van der Waals surface area contributed by atoms with Crippen LogP contribution in [-0.2, 0) is 0 Å². The average Bonchev–Trinajstić information content (AvgIpc) is 2.18. The lowest BCUT2D eigenvalue weighted by Crippen LogP contribution is -2.09. The zero-order chi connectivity index (χ0) is 9.68. The molecule has 0 atom stereocenters. The minimum Gasteiger partial charge on any atom is -0.490 e. The fourth-order valence-electron chi connectivity index (χ4n) is 1.04. The van der Waals surface area contributed by atoms with Gasteiger partial charge in [0.1, 0.15) is 6.07 Å². The Labute approximate surface area is 76.9 Å². The molecule has 0 radical (unpaired) electrons. The molecule has 0 amide bonds. The Balaban J connectivity index is 3.15. The molecule has 0 saturated heterocycles. The monoisotopic (exact) mass is 177 g/mol. The predicted molar refractivity (Wildman–Crippen MR) is 50.1 cm³/mol. The highest BCUT2D eigenvalue weighted by molar-refractivity contribution is 5.62. The Morgan fingerprint density at radius 3 is 2.92 bits per heavy atom. The molecule has 0 aliphatic carbocycles. The fraction of sp³-hybridized carbons (Fsp3) is 0.222. The van der Waals surface area contributed by atoms with Crippen molar-refractivity contribution in [3.63, 3.8) is 0 Å². The van der Waals surface area contributed by atoms with Crippen LogP contribution in [0.1, 0.15) is 12.5 Å². The largest absolute Gasteiger partial charge is 0.490 e. The third-order valence-corrected chi connectivity index (χ3v) is 1.58.